The predicted molar refractivity (Wildman–Crippen MR) is 79.8 cm³/mol. The molecule has 0 saturated carbocycles. The van der Waals surface area contributed by atoms with Crippen LogP contribution in [-0.2, 0) is 11.3 Å². The minimum Gasteiger partial charge on any atom is -0.368 e. The second-order valence-corrected chi connectivity index (χ2v) is 6.53. The van der Waals surface area contributed by atoms with Crippen molar-refractivity contribution in [3.8, 4) is 0 Å². The van der Waals surface area contributed by atoms with Crippen LogP contribution < -0.4 is 5.32 Å². The first-order valence-corrected chi connectivity index (χ1v) is 7.93. The molecule has 1 fully saturated rings. The summed E-state index contributed by atoms with van der Waals surface area (Å²) in [6.45, 7) is 11.2. The molecule has 108 valence electrons. The number of thiazole rings is 1. The van der Waals surface area contributed by atoms with Crippen molar-refractivity contribution in [1.29, 1.82) is 0 Å². The first-order chi connectivity index (χ1) is 9.11. The molecule has 1 atom stereocenters. The number of morpholine rings is 1. The molecular weight excluding hydrogens is 258 g/mol. The van der Waals surface area contributed by atoms with Gasteiger partial charge in [0, 0.05) is 24.5 Å². The lowest BCUT2D eigenvalue weighted by molar-refractivity contribution is -0.0210. The third kappa shape index (κ3) is 3.75. The molecule has 0 spiro atoms. The van der Waals surface area contributed by atoms with Crippen LogP contribution in [0.1, 0.15) is 48.4 Å². The number of nitrogens with one attached hydrogen (secondary N) is 1. The van der Waals surface area contributed by atoms with Crippen molar-refractivity contribution < 1.29 is 4.74 Å². The zero-order valence-electron chi connectivity index (χ0n) is 12.4. The van der Waals surface area contributed by atoms with Crippen LogP contribution in [0.3, 0.4) is 0 Å². The highest BCUT2D eigenvalue weighted by atomic mass is 32.1. The van der Waals surface area contributed by atoms with Gasteiger partial charge >= 0.3 is 0 Å². The average molecular weight is 283 g/mol. The average Bonchev–Trinajstić information content (AvgIpc) is 2.80. The third-order valence-electron chi connectivity index (χ3n) is 3.37. The van der Waals surface area contributed by atoms with Crippen molar-refractivity contribution in [3.63, 3.8) is 0 Å². The molecule has 0 aromatic carbocycles. The Bertz CT molecular complexity index is 405. The Hall–Kier alpha value is -0.490. The number of nitrogens with zero attached hydrogens (tertiary/aromatic N) is 2. The van der Waals surface area contributed by atoms with Crippen molar-refractivity contribution in [2.24, 2.45) is 0 Å². The van der Waals surface area contributed by atoms with Crippen molar-refractivity contribution in [2.45, 2.75) is 39.3 Å². The second kappa shape index (κ2) is 6.79. The van der Waals surface area contributed by atoms with Crippen LogP contribution in [0.25, 0.3) is 0 Å². The fraction of sp³-hybridized carbons (Fsp3) is 0.786. The molecular formula is C14H25N3OS. The molecule has 2 heterocycles. The van der Waals surface area contributed by atoms with E-state index < -0.39 is 0 Å². The Kier molecular flexibility index (Phi) is 5.33. The van der Waals surface area contributed by atoms with E-state index in [1.54, 1.807) is 0 Å². The lowest BCUT2D eigenvalue weighted by Gasteiger charge is -2.28. The first-order valence-electron chi connectivity index (χ1n) is 7.12. The van der Waals surface area contributed by atoms with E-state index in [-0.39, 0.29) is 6.10 Å². The van der Waals surface area contributed by atoms with Gasteiger partial charge < -0.3 is 15.0 Å². The number of hydrogen-bond acceptors (Lipinski definition) is 5. The number of ether oxygens (including phenoxy) is 1. The molecule has 0 aliphatic carbocycles. The van der Waals surface area contributed by atoms with E-state index in [0.29, 0.717) is 5.92 Å². The smallest absolute Gasteiger partial charge is 0.123 e. The Labute approximate surface area is 120 Å². The fourth-order valence-corrected chi connectivity index (χ4v) is 3.49. The maximum absolute atomic E-state index is 5.87. The number of aromatic nitrogens is 1. The monoisotopic (exact) mass is 283 g/mol. The number of likely N-dealkylation sites (N-methyl/N-ethyl adjacent to an activating group) is 1. The summed E-state index contributed by atoms with van der Waals surface area (Å²) in [5.74, 6) is 0.472. The molecule has 1 aromatic rings. The molecule has 4 nitrogen and oxygen atoms in total. The minimum absolute atomic E-state index is 0.150. The van der Waals surface area contributed by atoms with Gasteiger partial charge in [0.05, 0.1) is 12.3 Å². The van der Waals surface area contributed by atoms with Crippen LogP contribution in [0.15, 0.2) is 0 Å². The summed E-state index contributed by atoms with van der Waals surface area (Å²) in [5.41, 5.74) is 1.23. The summed E-state index contributed by atoms with van der Waals surface area (Å²) in [6.07, 6.45) is 0.150. The van der Waals surface area contributed by atoms with Crippen LogP contribution >= 0.6 is 11.3 Å². The molecule has 0 radical (unpaired) electrons. The molecule has 5 heteroatoms. The maximum Gasteiger partial charge on any atom is 0.123 e. The zero-order valence-corrected chi connectivity index (χ0v) is 13.2. The largest absolute Gasteiger partial charge is 0.368 e. The van der Waals surface area contributed by atoms with E-state index in [1.165, 1.54) is 10.6 Å². The van der Waals surface area contributed by atoms with Gasteiger partial charge in [0.15, 0.2) is 0 Å². The van der Waals surface area contributed by atoms with E-state index in [4.69, 9.17) is 9.72 Å². The van der Waals surface area contributed by atoms with Crippen molar-refractivity contribution in [3.05, 3.63) is 15.6 Å². The summed E-state index contributed by atoms with van der Waals surface area (Å²) < 4.78 is 5.87. The predicted octanol–water partition coefficient (Wildman–Crippen LogP) is 2.38. The van der Waals surface area contributed by atoms with Gasteiger partial charge in [-0.05, 0) is 19.5 Å². The van der Waals surface area contributed by atoms with Gasteiger partial charge in [-0.3, -0.25) is 0 Å². The summed E-state index contributed by atoms with van der Waals surface area (Å²) in [7, 11) is 2.14. The molecule has 2 rings (SSSR count). The fourth-order valence-electron chi connectivity index (χ4n) is 2.26. The van der Waals surface area contributed by atoms with Crippen LogP contribution in [-0.4, -0.2) is 43.2 Å². The topological polar surface area (TPSA) is 37.4 Å². The van der Waals surface area contributed by atoms with Gasteiger partial charge in [-0.1, -0.05) is 20.8 Å². The Morgan fingerprint density at radius 1 is 1.53 bits per heavy atom. The van der Waals surface area contributed by atoms with Crippen LogP contribution in [0, 0.1) is 0 Å². The normalized spacial score (nSPS) is 21.2. The van der Waals surface area contributed by atoms with E-state index in [1.807, 2.05) is 11.3 Å². The molecule has 1 aliphatic heterocycles. The molecule has 19 heavy (non-hydrogen) atoms. The molecule has 1 aromatic heterocycles. The lowest BCUT2D eigenvalue weighted by atomic mass is 10.1. The Morgan fingerprint density at radius 3 is 2.95 bits per heavy atom. The van der Waals surface area contributed by atoms with E-state index in [2.05, 4.69) is 38.0 Å². The molecule has 1 saturated heterocycles. The van der Waals surface area contributed by atoms with E-state index in [9.17, 15) is 0 Å². The maximum atomic E-state index is 5.87. The highest BCUT2D eigenvalue weighted by Crippen LogP contribution is 2.31. The second-order valence-electron chi connectivity index (χ2n) is 5.42. The van der Waals surface area contributed by atoms with Crippen LogP contribution in [0.2, 0.25) is 0 Å². The molecule has 1 N–H and O–H groups in total. The van der Waals surface area contributed by atoms with Gasteiger partial charge in [0.1, 0.15) is 11.1 Å². The van der Waals surface area contributed by atoms with Crippen molar-refractivity contribution in [2.75, 3.05) is 33.3 Å². The standard InChI is InChI=1S/C14H25N3OS/c1-5-15-8-12-13(10(2)3)16-14(19-12)11-9-17(4)6-7-18-11/h10-11,15H,5-9H2,1-4H3. The molecule has 1 aliphatic rings. The number of rotatable bonds is 5. The minimum atomic E-state index is 0.150. The molecule has 1 unspecified atom stereocenters. The van der Waals surface area contributed by atoms with Gasteiger partial charge in [0.2, 0.25) is 0 Å². The van der Waals surface area contributed by atoms with Crippen molar-refractivity contribution >= 4 is 11.3 Å². The zero-order chi connectivity index (χ0) is 13.8. The highest BCUT2D eigenvalue weighted by Gasteiger charge is 2.24. The van der Waals surface area contributed by atoms with E-state index >= 15 is 0 Å². The van der Waals surface area contributed by atoms with E-state index in [0.717, 1.165) is 37.8 Å². The third-order valence-corrected chi connectivity index (χ3v) is 4.53. The van der Waals surface area contributed by atoms with Crippen LogP contribution in [0.5, 0.6) is 0 Å². The van der Waals surface area contributed by atoms with Gasteiger partial charge in [-0.15, -0.1) is 11.3 Å². The molecule has 0 bridgehead atoms. The Morgan fingerprint density at radius 2 is 2.32 bits per heavy atom. The summed E-state index contributed by atoms with van der Waals surface area (Å²) in [4.78, 5) is 8.53. The first kappa shape index (κ1) is 14.9. The summed E-state index contributed by atoms with van der Waals surface area (Å²) >= 11 is 1.81. The highest BCUT2D eigenvalue weighted by molar-refractivity contribution is 7.11. The summed E-state index contributed by atoms with van der Waals surface area (Å²) in [5, 5.41) is 4.55. The van der Waals surface area contributed by atoms with Gasteiger partial charge in [-0.25, -0.2) is 4.98 Å². The quantitative estimate of drug-likeness (QED) is 0.900. The van der Waals surface area contributed by atoms with Gasteiger partial charge in [0.25, 0.3) is 0 Å². The molecule has 0 amide bonds. The van der Waals surface area contributed by atoms with Gasteiger partial charge in [-0.2, -0.15) is 0 Å². The SMILES string of the molecule is CCNCc1sc(C2CN(C)CCO2)nc1C(C)C. The van der Waals surface area contributed by atoms with Crippen LogP contribution in [0.4, 0.5) is 0 Å². The lowest BCUT2D eigenvalue weighted by Crippen LogP contribution is -2.35. The van der Waals surface area contributed by atoms with Crippen molar-refractivity contribution in [1.82, 2.24) is 15.2 Å². The summed E-state index contributed by atoms with van der Waals surface area (Å²) in [6, 6.07) is 0. The number of hydrogen-bond donors (Lipinski definition) is 1. The Balaban J connectivity index is 2.16.